The Labute approximate surface area is 166 Å². The van der Waals surface area contributed by atoms with Crippen molar-refractivity contribution in [2.24, 2.45) is 11.3 Å². The molecule has 0 fully saturated rings. The molecular formula is C23H30F3NO. The molecule has 0 aliphatic carbocycles. The second-order valence-electron chi connectivity index (χ2n) is 7.82. The van der Waals surface area contributed by atoms with Gasteiger partial charge in [0.1, 0.15) is 20.0 Å². The second-order valence-corrected chi connectivity index (χ2v) is 7.82. The van der Waals surface area contributed by atoms with Crippen molar-refractivity contribution < 1.29 is 18.3 Å². The number of rotatable bonds is 11. The van der Waals surface area contributed by atoms with Gasteiger partial charge in [0.15, 0.2) is 0 Å². The van der Waals surface area contributed by atoms with E-state index < -0.39 is 37.6 Å². The highest BCUT2D eigenvalue weighted by Crippen LogP contribution is 2.33. The lowest BCUT2D eigenvalue weighted by Crippen LogP contribution is -2.56. The molecule has 5 heteroatoms. The van der Waals surface area contributed by atoms with Crippen LogP contribution in [0.25, 0.3) is 0 Å². The summed E-state index contributed by atoms with van der Waals surface area (Å²) in [6, 6.07) is 18.8. The third kappa shape index (κ3) is 5.36. The van der Waals surface area contributed by atoms with Gasteiger partial charge in [-0.25, -0.2) is 0 Å². The molecule has 154 valence electrons. The molecule has 2 aromatic carbocycles. The fraction of sp³-hybridized carbons (Fsp3) is 0.478. The van der Waals surface area contributed by atoms with Gasteiger partial charge in [-0.2, -0.15) is 0 Å². The summed E-state index contributed by atoms with van der Waals surface area (Å²) in [4.78, 5) is 2.00. The van der Waals surface area contributed by atoms with Crippen LogP contribution in [0, 0.1) is 11.3 Å². The first-order valence-electron chi connectivity index (χ1n) is 9.65. The van der Waals surface area contributed by atoms with E-state index in [1.807, 2.05) is 79.4 Å². The van der Waals surface area contributed by atoms with Crippen LogP contribution in [0.1, 0.15) is 25.0 Å². The molecule has 0 bridgehead atoms. The van der Waals surface area contributed by atoms with Gasteiger partial charge < -0.3 is 5.11 Å². The van der Waals surface area contributed by atoms with Crippen LogP contribution in [0.5, 0.6) is 0 Å². The van der Waals surface area contributed by atoms with Gasteiger partial charge in [0.25, 0.3) is 0 Å². The molecule has 0 aromatic heterocycles. The first-order chi connectivity index (χ1) is 13.5. The van der Waals surface area contributed by atoms with Gasteiger partial charge in [0.2, 0.25) is 0 Å². The Morgan fingerprint density at radius 3 is 1.50 bits per heavy atom. The molecule has 0 spiro atoms. The van der Waals surface area contributed by atoms with Gasteiger partial charge in [0.05, 0.1) is 11.5 Å². The summed E-state index contributed by atoms with van der Waals surface area (Å²) < 4.78 is 40.9. The van der Waals surface area contributed by atoms with E-state index in [2.05, 4.69) is 0 Å². The van der Waals surface area contributed by atoms with Gasteiger partial charge in [-0.05, 0) is 17.0 Å². The Balaban J connectivity index is 2.40. The summed E-state index contributed by atoms with van der Waals surface area (Å²) in [7, 11) is 0. The van der Waals surface area contributed by atoms with E-state index in [9.17, 15) is 18.3 Å². The molecule has 2 aromatic rings. The quantitative estimate of drug-likeness (QED) is 0.583. The van der Waals surface area contributed by atoms with Crippen LogP contribution in [0.2, 0.25) is 0 Å². The van der Waals surface area contributed by atoms with Gasteiger partial charge in [-0.15, -0.1) is 0 Å². The number of aliphatic hydroxyl groups excluding tert-OH is 1. The Morgan fingerprint density at radius 1 is 0.786 bits per heavy atom. The van der Waals surface area contributed by atoms with Gasteiger partial charge >= 0.3 is 0 Å². The van der Waals surface area contributed by atoms with Crippen molar-refractivity contribution in [3.05, 3.63) is 71.8 Å². The summed E-state index contributed by atoms with van der Waals surface area (Å²) in [5.74, 6) is -0.133. The van der Waals surface area contributed by atoms with E-state index in [0.29, 0.717) is 13.1 Å². The molecule has 1 unspecified atom stereocenters. The van der Waals surface area contributed by atoms with Crippen molar-refractivity contribution in [3.8, 4) is 0 Å². The lowest BCUT2D eigenvalue weighted by molar-refractivity contribution is -0.0916. The van der Waals surface area contributed by atoms with E-state index >= 15 is 0 Å². The van der Waals surface area contributed by atoms with E-state index in [4.69, 9.17) is 0 Å². The first-order valence-corrected chi connectivity index (χ1v) is 9.65. The molecule has 28 heavy (non-hydrogen) atoms. The normalized spacial score (nSPS) is 14.4. The topological polar surface area (TPSA) is 23.5 Å². The highest BCUT2D eigenvalue weighted by Gasteiger charge is 2.46. The standard InChI is InChI=1S/C23H30F3NO/c1-18(2)21(22(28)23(15-24,16-25)17-26)27(13-19-9-5-3-6-10-19)14-20-11-7-4-8-12-20/h3-12,18,21-22,28H,13-17H2,1-2H3/t21-,22?/m0/s1. The Bertz CT molecular complexity index is 627. The van der Waals surface area contributed by atoms with Crippen LogP contribution in [0.15, 0.2) is 60.7 Å². The summed E-state index contributed by atoms with van der Waals surface area (Å²) in [5, 5.41) is 11.0. The highest BCUT2D eigenvalue weighted by molar-refractivity contribution is 5.18. The lowest BCUT2D eigenvalue weighted by Gasteiger charge is -2.43. The maximum atomic E-state index is 13.6. The molecule has 2 nitrogen and oxygen atoms in total. The van der Waals surface area contributed by atoms with Gasteiger partial charge in [-0.1, -0.05) is 74.5 Å². The van der Waals surface area contributed by atoms with E-state index in [1.54, 1.807) is 0 Å². The molecule has 0 saturated carbocycles. The average molecular weight is 393 g/mol. The fourth-order valence-electron chi connectivity index (χ4n) is 3.60. The Morgan fingerprint density at radius 2 is 1.18 bits per heavy atom. The molecule has 0 amide bonds. The van der Waals surface area contributed by atoms with Crippen molar-refractivity contribution in [3.63, 3.8) is 0 Å². The molecular weight excluding hydrogens is 363 g/mol. The number of alkyl halides is 3. The van der Waals surface area contributed by atoms with Crippen LogP contribution in [-0.2, 0) is 13.1 Å². The minimum absolute atomic E-state index is 0.133. The molecule has 0 radical (unpaired) electrons. The summed E-state index contributed by atoms with van der Waals surface area (Å²) in [5.41, 5.74) is 0.00542. The van der Waals surface area contributed by atoms with Crippen LogP contribution in [0.3, 0.4) is 0 Å². The molecule has 2 rings (SSSR count). The number of hydrogen-bond acceptors (Lipinski definition) is 2. The van der Waals surface area contributed by atoms with Gasteiger partial charge in [0, 0.05) is 19.1 Å². The number of hydrogen-bond donors (Lipinski definition) is 1. The lowest BCUT2D eigenvalue weighted by atomic mass is 9.78. The molecule has 0 heterocycles. The average Bonchev–Trinajstić information content (AvgIpc) is 2.71. The highest BCUT2D eigenvalue weighted by atomic mass is 19.1. The predicted octanol–water partition coefficient (Wildman–Crippen LogP) is 4.97. The van der Waals surface area contributed by atoms with E-state index in [1.165, 1.54) is 0 Å². The number of aliphatic hydroxyl groups is 1. The zero-order valence-electron chi connectivity index (χ0n) is 16.6. The number of nitrogens with zero attached hydrogens (tertiary/aromatic N) is 1. The van der Waals surface area contributed by atoms with Crippen molar-refractivity contribution >= 4 is 0 Å². The zero-order chi connectivity index (χ0) is 20.6. The summed E-state index contributed by atoms with van der Waals surface area (Å²) >= 11 is 0. The minimum Gasteiger partial charge on any atom is -0.391 e. The van der Waals surface area contributed by atoms with Gasteiger partial charge in [-0.3, -0.25) is 18.1 Å². The monoisotopic (exact) mass is 393 g/mol. The minimum atomic E-state index is -2.03. The molecule has 2 atom stereocenters. The van der Waals surface area contributed by atoms with Crippen LogP contribution in [0.4, 0.5) is 13.2 Å². The van der Waals surface area contributed by atoms with E-state index in [0.717, 1.165) is 11.1 Å². The second kappa shape index (κ2) is 10.6. The van der Waals surface area contributed by atoms with Crippen molar-refractivity contribution in [1.82, 2.24) is 4.90 Å². The Hall–Kier alpha value is -1.85. The van der Waals surface area contributed by atoms with Crippen molar-refractivity contribution in [2.45, 2.75) is 39.1 Å². The third-order valence-electron chi connectivity index (χ3n) is 5.31. The SMILES string of the molecule is CC(C)[C@@H](C(O)C(CF)(CF)CF)N(Cc1ccccc1)Cc1ccccc1. The molecule has 1 N–H and O–H groups in total. The van der Waals surface area contributed by atoms with Crippen LogP contribution >= 0.6 is 0 Å². The molecule has 0 aliphatic rings. The fourth-order valence-corrected chi connectivity index (χ4v) is 3.60. The Kier molecular flexibility index (Phi) is 8.52. The predicted molar refractivity (Wildman–Crippen MR) is 107 cm³/mol. The summed E-state index contributed by atoms with van der Waals surface area (Å²) in [6.45, 7) is 1.01. The van der Waals surface area contributed by atoms with Crippen molar-refractivity contribution in [1.29, 1.82) is 0 Å². The maximum absolute atomic E-state index is 13.6. The smallest absolute Gasteiger partial charge is 0.103 e. The number of benzene rings is 2. The zero-order valence-corrected chi connectivity index (χ0v) is 16.6. The molecule has 0 saturated heterocycles. The molecule has 0 aliphatic heterocycles. The largest absolute Gasteiger partial charge is 0.391 e. The number of halogens is 3. The van der Waals surface area contributed by atoms with Crippen LogP contribution < -0.4 is 0 Å². The maximum Gasteiger partial charge on any atom is 0.103 e. The first kappa shape index (κ1) is 22.4. The van der Waals surface area contributed by atoms with Crippen molar-refractivity contribution in [2.75, 3.05) is 20.0 Å². The van der Waals surface area contributed by atoms with E-state index in [-0.39, 0.29) is 5.92 Å². The van der Waals surface area contributed by atoms with Crippen LogP contribution in [-0.4, -0.2) is 42.2 Å². The third-order valence-corrected chi connectivity index (χ3v) is 5.31. The summed E-state index contributed by atoms with van der Waals surface area (Å²) in [6.07, 6.45) is -1.47.